The minimum absolute atomic E-state index is 0.0130. The first-order chi connectivity index (χ1) is 14.3. The van der Waals surface area contributed by atoms with Gasteiger partial charge in [0.1, 0.15) is 12.0 Å². The van der Waals surface area contributed by atoms with Crippen LogP contribution in [-0.4, -0.2) is 56.1 Å². The highest BCUT2D eigenvalue weighted by Crippen LogP contribution is 2.47. The molecule has 3 aliphatic heterocycles. The van der Waals surface area contributed by atoms with E-state index >= 15 is 0 Å². The number of H-pyrrole nitrogens is 1. The fraction of sp³-hybridized carbons (Fsp3) is 0.278. The summed E-state index contributed by atoms with van der Waals surface area (Å²) in [5, 5.41) is 22.5. The van der Waals surface area contributed by atoms with Crippen LogP contribution in [0, 0.1) is 11.8 Å². The molecule has 4 rings (SSSR count). The number of hydrogen-bond donors (Lipinski definition) is 5. The molecule has 30 heavy (non-hydrogen) atoms. The highest BCUT2D eigenvalue weighted by molar-refractivity contribution is 8.04. The van der Waals surface area contributed by atoms with Crippen molar-refractivity contribution in [1.82, 2.24) is 10.3 Å². The second kappa shape index (κ2) is 7.37. The maximum atomic E-state index is 12.7. The molecule has 2 amide bonds. The summed E-state index contributed by atoms with van der Waals surface area (Å²) in [5.41, 5.74) is 0.573. The molecular formula is C18H15N3O8S. The van der Waals surface area contributed by atoms with E-state index in [9.17, 15) is 29.1 Å². The fourth-order valence-corrected chi connectivity index (χ4v) is 5.21. The molecular weight excluding hydrogens is 418 g/mol. The Morgan fingerprint density at radius 3 is 2.67 bits per heavy atom. The van der Waals surface area contributed by atoms with Crippen molar-refractivity contribution in [2.24, 2.45) is 11.8 Å². The Morgan fingerprint density at radius 1 is 1.20 bits per heavy atom. The number of carbonyl (C=O) groups excluding carboxylic acids is 3. The third-order valence-corrected chi connectivity index (χ3v) is 6.54. The Hall–Kier alpha value is -3.54. The lowest BCUT2D eigenvalue weighted by molar-refractivity contribution is -0.149. The quantitative estimate of drug-likeness (QED) is 0.330. The lowest BCUT2D eigenvalue weighted by Gasteiger charge is -2.33. The van der Waals surface area contributed by atoms with Gasteiger partial charge in [0.15, 0.2) is 5.78 Å². The summed E-state index contributed by atoms with van der Waals surface area (Å²) in [6.45, 7) is 0. The molecule has 1 aromatic heterocycles. The van der Waals surface area contributed by atoms with Crippen LogP contribution in [0.2, 0.25) is 0 Å². The summed E-state index contributed by atoms with van der Waals surface area (Å²) in [4.78, 5) is 62.1. The van der Waals surface area contributed by atoms with E-state index in [1.54, 1.807) is 0 Å². The third-order valence-electron chi connectivity index (χ3n) is 5.11. The number of amides is 2. The first-order valence-corrected chi connectivity index (χ1v) is 9.68. The smallest absolute Gasteiger partial charge is 0.394 e. The zero-order valence-electron chi connectivity index (χ0n) is 15.1. The van der Waals surface area contributed by atoms with Crippen LogP contribution in [0.1, 0.15) is 16.8 Å². The molecule has 0 aliphatic carbocycles. The molecule has 12 heteroatoms. The molecule has 11 nitrogen and oxygen atoms in total. The maximum absolute atomic E-state index is 12.7. The van der Waals surface area contributed by atoms with Gasteiger partial charge in [0, 0.05) is 24.7 Å². The summed E-state index contributed by atoms with van der Waals surface area (Å²) >= 11 is 0.941. The Balaban J connectivity index is 1.57. The number of allylic oxidation sites excluding steroid dienone is 1. The van der Waals surface area contributed by atoms with E-state index in [4.69, 9.17) is 9.84 Å². The van der Waals surface area contributed by atoms with Gasteiger partial charge in [-0.1, -0.05) is 11.8 Å². The molecule has 3 aliphatic rings. The number of Topliss-reactive ketones (excluding diaryl/α,β-unsaturated/α-hetero) is 1. The molecule has 1 aromatic rings. The number of hydrogen-bond acceptors (Lipinski definition) is 7. The van der Waals surface area contributed by atoms with E-state index in [0.717, 1.165) is 11.8 Å². The Morgan fingerprint density at radius 2 is 1.97 bits per heavy atom. The van der Waals surface area contributed by atoms with Crippen LogP contribution < -0.4 is 10.6 Å². The number of anilines is 1. The van der Waals surface area contributed by atoms with E-state index in [1.165, 1.54) is 24.7 Å². The minimum Gasteiger partial charge on any atom is -0.497 e. The van der Waals surface area contributed by atoms with Crippen LogP contribution in [-0.2, 0) is 23.9 Å². The SMILES string of the molecule is O=C(O)C(=O)NC1=C(C(=O)O)C2C=COC(CC3C(=O)Nc4c[nH]cc4C3=O)C2S1. The van der Waals surface area contributed by atoms with Gasteiger partial charge in [-0.25, -0.2) is 9.59 Å². The molecule has 0 radical (unpaired) electrons. The highest BCUT2D eigenvalue weighted by atomic mass is 32.2. The van der Waals surface area contributed by atoms with Gasteiger partial charge in [0.05, 0.1) is 33.4 Å². The molecule has 0 saturated heterocycles. The lowest BCUT2D eigenvalue weighted by atomic mass is 9.84. The molecule has 4 atom stereocenters. The number of ketones is 1. The number of aromatic nitrogens is 1. The number of carboxylic acids is 2. The fourth-order valence-electron chi connectivity index (χ4n) is 3.74. The number of rotatable bonds is 4. The minimum atomic E-state index is -1.75. The summed E-state index contributed by atoms with van der Waals surface area (Å²) in [7, 11) is 0. The molecule has 4 heterocycles. The summed E-state index contributed by atoms with van der Waals surface area (Å²) in [6, 6.07) is 0. The number of fused-ring (bicyclic) bond motifs is 2. The number of aliphatic carboxylic acids is 2. The van der Waals surface area contributed by atoms with Gasteiger partial charge in [-0.05, 0) is 6.08 Å². The predicted molar refractivity (Wildman–Crippen MR) is 101 cm³/mol. The normalized spacial score (nSPS) is 27.1. The number of carboxylic acid groups (broad SMARTS) is 2. The molecule has 4 unspecified atom stereocenters. The second-order valence-electron chi connectivity index (χ2n) is 6.84. The van der Waals surface area contributed by atoms with Crippen molar-refractivity contribution in [1.29, 1.82) is 0 Å². The third kappa shape index (κ3) is 3.24. The summed E-state index contributed by atoms with van der Waals surface area (Å²) in [5.74, 6) is -7.02. The van der Waals surface area contributed by atoms with Gasteiger partial charge >= 0.3 is 17.8 Å². The molecule has 5 N–H and O–H groups in total. The lowest BCUT2D eigenvalue weighted by Crippen LogP contribution is -2.41. The Bertz CT molecular complexity index is 1040. The van der Waals surface area contributed by atoms with Crippen molar-refractivity contribution in [3.8, 4) is 0 Å². The van der Waals surface area contributed by atoms with Crippen molar-refractivity contribution < 1.29 is 38.9 Å². The van der Waals surface area contributed by atoms with E-state index in [2.05, 4.69) is 15.6 Å². The average molecular weight is 433 g/mol. The van der Waals surface area contributed by atoms with Crippen LogP contribution in [0.5, 0.6) is 0 Å². The zero-order valence-corrected chi connectivity index (χ0v) is 15.9. The predicted octanol–water partition coefficient (Wildman–Crippen LogP) is 0.297. The topological polar surface area (TPSA) is 175 Å². The molecule has 0 bridgehead atoms. The van der Waals surface area contributed by atoms with Gasteiger partial charge in [-0.15, -0.1) is 0 Å². The van der Waals surface area contributed by atoms with Crippen molar-refractivity contribution >= 4 is 47.0 Å². The van der Waals surface area contributed by atoms with Gasteiger partial charge in [-0.2, -0.15) is 0 Å². The maximum Gasteiger partial charge on any atom is 0.394 e. The first-order valence-electron chi connectivity index (χ1n) is 8.80. The van der Waals surface area contributed by atoms with Crippen LogP contribution in [0.25, 0.3) is 0 Å². The Labute approximate surface area is 172 Å². The van der Waals surface area contributed by atoms with E-state index in [1.807, 2.05) is 0 Å². The van der Waals surface area contributed by atoms with Crippen molar-refractivity contribution in [3.05, 3.63) is 40.9 Å². The number of ether oxygens (including phenoxy) is 1. The zero-order chi connectivity index (χ0) is 21.6. The van der Waals surface area contributed by atoms with Crippen LogP contribution in [0.3, 0.4) is 0 Å². The second-order valence-corrected chi connectivity index (χ2v) is 8.03. The van der Waals surface area contributed by atoms with Crippen LogP contribution >= 0.6 is 11.8 Å². The molecule has 156 valence electrons. The number of aromatic amines is 1. The van der Waals surface area contributed by atoms with E-state index in [-0.39, 0.29) is 22.8 Å². The van der Waals surface area contributed by atoms with Gasteiger partial charge in [0.2, 0.25) is 5.91 Å². The monoisotopic (exact) mass is 433 g/mol. The summed E-state index contributed by atoms with van der Waals surface area (Å²) in [6.07, 6.45) is 5.04. The van der Waals surface area contributed by atoms with Gasteiger partial charge in [-0.3, -0.25) is 14.4 Å². The number of thioether (sulfide) groups is 1. The molecule has 0 fully saturated rings. The van der Waals surface area contributed by atoms with Gasteiger partial charge < -0.3 is 30.6 Å². The van der Waals surface area contributed by atoms with Crippen LogP contribution in [0.4, 0.5) is 5.69 Å². The number of nitrogens with one attached hydrogen (secondary N) is 3. The van der Waals surface area contributed by atoms with E-state index < -0.39 is 46.9 Å². The van der Waals surface area contributed by atoms with Gasteiger partial charge in [0.25, 0.3) is 0 Å². The standard InChI is InChI=1S/C18H15N3O8S/c22-12-7(14(23)20-9-5-19-4-8(9)12)3-10-13-6(1-2-29-10)11(17(25)26)16(30-13)21-15(24)18(27)28/h1-2,4-7,10,13,19H,3H2,(H,20,23)(H,21,24)(H,25,26)(H,27,28). The largest absolute Gasteiger partial charge is 0.497 e. The molecule has 0 aromatic carbocycles. The Kier molecular flexibility index (Phi) is 4.86. The highest BCUT2D eigenvalue weighted by Gasteiger charge is 2.48. The summed E-state index contributed by atoms with van der Waals surface area (Å²) < 4.78 is 5.60. The average Bonchev–Trinajstić information content (AvgIpc) is 3.29. The first kappa shape index (κ1) is 19.8. The van der Waals surface area contributed by atoms with Crippen molar-refractivity contribution in [3.63, 3.8) is 0 Å². The van der Waals surface area contributed by atoms with Crippen molar-refractivity contribution in [2.75, 3.05) is 5.32 Å². The molecule has 0 spiro atoms. The van der Waals surface area contributed by atoms with E-state index in [0.29, 0.717) is 11.3 Å². The van der Waals surface area contributed by atoms with Crippen molar-refractivity contribution in [2.45, 2.75) is 17.8 Å². The number of carbonyl (C=O) groups is 5. The van der Waals surface area contributed by atoms with Crippen LogP contribution in [0.15, 0.2) is 35.3 Å². The molecule has 0 saturated carbocycles.